The Morgan fingerprint density at radius 3 is 2.56 bits per heavy atom. The van der Waals surface area contributed by atoms with Gasteiger partial charge in [0.15, 0.2) is 5.60 Å². The van der Waals surface area contributed by atoms with Crippen LogP contribution in [0.5, 0.6) is 0 Å². The van der Waals surface area contributed by atoms with E-state index in [-0.39, 0.29) is 0 Å². The summed E-state index contributed by atoms with van der Waals surface area (Å²) in [5.74, 6) is -0.419. The molecule has 0 aliphatic rings. The molecule has 0 amide bonds. The molecule has 16 heavy (non-hydrogen) atoms. The van der Waals surface area contributed by atoms with Crippen molar-refractivity contribution in [1.29, 1.82) is 5.26 Å². The molecule has 0 spiro atoms. The Labute approximate surface area is 95.7 Å². The molecule has 0 heterocycles. The molecule has 0 fully saturated rings. The van der Waals surface area contributed by atoms with Crippen LogP contribution in [0.3, 0.4) is 0 Å². The summed E-state index contributed by atoms with van der Waals surface area (Å²) in [5.41, 5.74) is 0.109. The lowest BCUT2D eigenvalue weighted by Gasteiger charge is -2.21. The molecule has 1 unspecified atom stereocenters. The maximum absolute atomic E-state index is 10.9. The number of hydrogen-bond donors (Lipinski definition) is 0. The number of ether oxygens (including phenoxy) is 1. The Kier molecular flexibility index (Phi) is 4.07. The van der Waals surface area contributed by atoms with Crippen LogP contribution >= 0.6 is 0 Å². The van der Waals surface area contributed by atoms with Crippen molar-refractivity contribution in [3.63, 3.8) is 0 Å². The van der Waals surface area contributed by atoms with Gasteiger partial charge in [-0.2, -0.15) is 5.26 Å². The molecule has 3 nitrogen and oxygen atoms in total. The summed E-state index contributed by atoms with van der Waals surface area (Å²) >= 11 is 0. The highest BCUT2D eigenvalue weighted by Gasteiger charge is 2.26. The zero-order chi connectivity index (χ0) is 12.0. The van der Waals surface area contributed by atoms with Crippen LogP contribution in [0.4, 0.5) is 0 Å². The second-order valence-corrected chi connectivity index (χ2v) is 3.92. The Hall–Kier alpha value is -1.82. The highest BCUT2D eigenvalue weighted by molar-refractivity contribution is 5.66. The third-order valence-corrected chi connectivity index (χ3v) is 2.34. The van der Waals surface area contributed by atoms with E-state index in [4.69, 9.17) is 10.00 Å². The number of nitriles is 1. The van der Waals surface area contributed by atoms with Crippen molar-refractivity contribution in [2.45, 2.75) is 32.3 Å². The Bertz CT molecular complexity index is 394. The van der Waals surface area contributed by atoms with Gasteiger partial charge >= 0.3 is 5.97 Å². The van der Waals surface area contributed by atoms with Crippen molar-refractivity contribution in [1.82, 2.24) is 0 Å². The Balaban J connectivity index is 2.59. The molecule has 0 aliphatic heterocycles. The number of benzene rings is 1. The molecule has 0 aliphatic carbocycles. The predicted molar refractivity (Wildman–Crippen MR) is 60.5 cm³/mol. The van der Waals surface area contributed by atoms with E-state index in [2.05, 4.69) is 0 Å². The van der Waals surface area contributed by atoms with E-state index >= 15 is 0 Å². The average Bonchev–Trinajstić information content (AvgIpc) is 2.27. The van der Waals surface area contributed by atoms with Crippen LogP contribution in [0.1, 0.15) is 25.8 Å². The fraction of sp³-hybridized carbons (Fsp3) is 0.385. The minimum absolute atomic E-state index is 0.419. The van der Waals surface area contributed by atoms with E-state index in [0.717, 1.165) is 12.0 Å². The molecule has 1 rings (SSSR count). The topological polar surface area (TPSA) is 50.1 Å². The highest BCUT2D eigenvalue weighted by Crippen LogP contribution is 2.18. The second kappa shape index (κ2) is 5.32. The van der Waals surface area contributed by atoms with Gasteiger partial charge in [0.25, 0.3) is 0 Å². The maximum atomic E-state index is 10.9. The van der Waals surface area contributed by atoms with Crippen LogP contribution in [0.2, 0.25) is 0 Å². The number of nitrogens with zero attached hydrogens (tertiary/aromatic N) is 1. The first-order chi connectivity index (χ1) is 7.56. The summed E-state index contributed by atoms with van der Waals surface area (Å²) in [6.45, 7) is 2.95. The molecule has 0 aromatic heterocycles. The van der Waals surface area contributed by atoms with Crippen molar-refractivity contribution >= 4 is 5.97 Å². The van der Waals surface area contributed by atoms with Crippen molar-refractivity contribution in [2.75, 3.05) is 0 Å². The van der Waals surface area contributed by atoms with Gasteiger partial charge in [-0.15, -0.1) is 0 Å². The van der Waals surface area contributed by atoms with Crippen LogP contribution < -0.4 is 0 Å². The molecular weight excluding hydrogens is 202 g/mol. The zero-order valence-electron chi connectivity index (χ0n) is 9.56. The number of esters is 1. The van der Waals surface area contributed by atoms with Crippen LogP contribution in [0.15, 0.2) is 30.3 Å². The fourth-order valence-electron chi connectivity index (χ4n) is 1.47. The highest BCUT2D eigenvalue weighted by atomic mass is 16.6. The normalized spacial score (nSPS) is 13.6. The molecule has 1 atom stereocenters. The number of carbonyl (C=O) groups is 1. The van der Waals surface area contributed by atoms with Gasteiger partial charge in [0.05, 0.1) is 0 Å². The molecule has 0 N–H and O–H groups in total. The zero-order valence-corrected chi connectivity index (χ0v) is 9.56. The molecule has 3 heteroatoms. The fourth-order valence-corrected chi connectivity index (χ4v) is 1.47. The second-order valence-electron chi connectivity index (χ2n) is 3.92. The molecule has 1 aromatic carbocycles. The van der Waals surface area contributed by atoms with E-state index in [9.17, 15) is 4.79 Å². The maximum Gasteiger partial charge on any atom is 0.304 e. The van der Waals surface area contributed by atoms with Gasteiger partial charge in [0.2, 0.25) is 0 Å². The summed E-state index contributed by atoms with van der Waals surface area (Å²) in [7, 11) is 0. The molecule has 0 saturated carbocycles. The third-order valence-electron chi connectivity index (χ3n) is 2.34. The molecule has 1 aromatic rings. The number of aryl methyl sites for hydroxylation is 1. The minimum atomic E-state index is -1.03. The van der Waals surface area contributed by atoms with Gasteiger partial charge < -0.3 is 4.74 Å². The lowest BCUT2D eigenvalue weighted by Crippen LogP contribution is -2.29. The summed E-state index contributed by atoms with van der Waals surface area (Å²) in [6, 6.07) is 11.9. The largest absolute Gasteiger partial charge is 0.444 e. The quantitative estimate of drug-likeness (QED) is 0.728. The van der Waals surface area contributed by atoms with Crippen molar-refractivity contribution in [3.05, 3.63) is 35.9 Å². The Morgan fingerprint density at radius 2 is 2.06 bits per heavy atom. The summed E-state index contributed by atoms with van der Waals surface area (Å²) in [6.07, 6.45) is 1.23. The number of carbonyl (C=O) groups excluding carboxylic acids is 1. The van der Waals surface area contributed by atoms with Crippen LogP contribution in [0.25, 0.3) is 0 Å². The van der Waals surface area contributed by atoms with E-state index in [1.165, 1.54) is 6.92 Å². The molecule has 0 bridgehead atoms. The smallest absolute Gasteiger partial charge is 0.304 e. The average molecular weight is 217 g/mol. The van der Waals surface area contributed by atoms with Gasteiger partial charge in [-0.1, -0.05) is 30.3 Å². The lowest BCUT2D eigenvalue weighted by atomic mass is 9.98. The van der Waals surface area contributed by atoms with E-state index in [1.807, 2.05) is 36.4 Å². The summed E-state index contributed by atoms with van der Waals surface area (Å²) in [5, 5.41) is 8.98. The predicted octanol–water partition coefficient (Wildman–Crippen LogP) is 2.46. The third kappa shape index (κ3) is 3.74. The summed E-state index contributed by atoms with van der Waals surface area (Å²) in [4.78, 5) is 10.9. The van der Waals surface area contributed by atoms with E-state index in [1.54, 1.807) is 6.92 Å². The van der Waals surface area contributed by atoms with Gasteiger partial charge in [-0.3, -0.25) is 4.79 Å². The van der Waals surface area contributed by atoms with Gasteiger partial charge in [-0.25, -0.2) is 0 Å². The first-order valence-electron chi connectivity index (χ1n) is 5.20. The minimum Gasteiger partial charge on any atom is -0.444 e. The van der Waals surface area contributed by atoms with E-state index in [0.29, 0.717) is 6.42 Å². The van der Waals surface area contributed by atoms with Gasteiger partial charge in [-0.05, 0) is 18.9 Å². The van der Waals surface area contributed by atoms with Crippen molar-refractivity contribution < 1.29 is 9.53 Å². The lowest BCUT2D eigenvalue weighted by molar-refractivity contribution is -0.150. The number of hydrogen-bond acceptors (Lipinski definition) is 3. The monoisotopic (exact) mass is 217 g/mol. The van der Waals surface area contributed by atoms with Crippen LogP contribution in [-0.4, -0.2) is 11.6 Å². The van der Waals surface area contributed by atoms with Crippen molar-refractivity contribution in [2.24, 2.45) is 0 Å². The van der Waals surface area contributed by atoms with Crippen LogP contribution in [0, 0.1) is 11.3 Å². The first kappa shape index (κ1) is 12.3. The van der Waals surface area contributed by atoms with Gasteiger partial charge in [0.1, 0.15) is 6.07 Å². The van der Waals surface area contributed by atoms with Gasteiger partial charge in [0, 0.05) is 13.3 Å². The number of rotatable bonds is 4. The standard InChI is InChI=1S/C13H15NO2/c1-11(15)16-13(2,10-14)9-8-12-6-4-3-5-7-12/h3-7H,8-9H2,1-2H3. The Morgan fingerprint density at radius 1 is 1.44 bits per heavy atom. The molecule has 84 valence electrons. The molecule has 0 saturated heterocycles. The SMILES string of the molecule is CC(=O)OC(C)(C#N)CCc1ccccc1. The summed E-state index contributed by atoms with van der Waals surface area (Å²) < 4.78 is 5.01. The molecule has 0 radical (unpaired) electrons. The first-order valence-corrected chi connectivity index (χ1v) is 5.20. The van der Waals surface area contributed by atoms with E-state index < -0.39 is 11.6 Å². The van der Waals surface area contributed by atoms with Crippen LogP contribution in [-0.2, 0) is 16.0 Å². The molecular formula is C13H15NO2. The van der Waals surface area contributed by atoms with Crippen molar-refractivity contribution in [3.8, 4) is 6.07 Å².